The number of amides is 1. The molecule has 0 saturated carbocycles. The van der Waals surface area contributed by atoms with Crippen molar-refractivity contribution < 1.29 is 13.2 Å². The van der Waals surface area contributed by atoms with Gasteiger partial charge in [0.05, 0.1) is 18.5 Å². The van der Waals surface area contributed by atoms with Gasteiger partial charge in [-0.1, -0.05) is 35.4 Å². The first-order chi connectivity index (χ1) is 11.7. The zero-order valence-corrected chi connectivity index (χ0v) is 16.0. The van der Waals surface area contributed by atoms with Crippen LogP contribution in [0.15, 0.2) is 42.5 Å². The maximum absolute atomic E-state index is 12.2. The summed E-state index contributed by atoms with van der Waals surface area (Å²) in [6, 6.07) is 12.3. The number of rotatable bonds is 6. The van der Waals surface area contributed by atoms with E-state index in [1.807, 2.05) is 26.0 Å². The van der Waals surface area contributed by atoms with Gasteiger partial charge in [0.25, 0.3) is 5.91 Å². The molecule has 7 heteroatoms. The summed E-state index contributed by atoms with van der Waals surface area (Å²) in [7, 11) is -3.50. The Morgan fingerprint density at radius 2 is 1.88 bits per heavy atom. The first kappa shape index (κ1) is 19.3. The predicted octanol–water partition coefficient (Wildman–Crippen LogP) is 3.15. The standard InChI is InChI=1S/C18H21ClN2O3S/c1-13-5-4-6-15(11-13)18(22)20-9-10-21(25(3,23)24)17-12-16(19)8-7-14(17)2/h4-8,11-12H,9-10H2,1-3H3,(H,20,22). The van der Waals surface area contributed by atoms with Crippen LogP contribution in [0.1, 0.15) is 21.5 Å². The Kier molecular flexibility index (Phi) is 6.08. The van der Waals surface area contributed by atoms with Crippen molar-refractivity contribution >= 4 is 33.2 Å². The van der Waals surface area contributed by atoms with Gasteiger partial charge in [-0.15, -0.1) is 0 Å². The van der Waals surface area contributed by atoms with Gasteiger partial charge in [-0.25, -0.2) is 8.42 Å². The van der Waals surface area contributed by atoms with Crippen LogP contribution in [0.5, 0.6) is 0 Å². The van der Waals surface area contributed by atoms with Crippen molar-refractivity contribution in [3.8, 4) is 0 Å². The number of hydrogen-bond acceptors (Lipinski definition) is 3. The zero-order chi connectivity index (χ0) is 18.6. The van der Waals surface area contributed by atoms with Crippen LogP contribution in [0.2, 0.25) is 5.02 Å². The first-order valence-corrected chi connectivity index (χ1v) is 10.00. The molecule has 0 aliphatic carbocycles. The SMILES string of the molecule is Cc1cccc(C(=O)NCCN(c2cc(Cl)ccc2C)S(C)(=O)=O)c1. The third kappa shape index (κ3) is 5.21. The van der Waals surface area contributed by atoms with Crippen LogP contribution in [0.3, 0.4) is 0 Å². The largest absolute Gasteiger partial charge is 0.350 e. The van der Waals surface area contributed by atoms with Crippen LogP contribution < -0.4 is 9.62 Å². The highest BCUT2D eigenvalue weighted by Gasteiger charge is 2.19. The lowest BCUT2D eigenvalue weighted by Crippen LogP contribution is -2.38. The Balaban J connectivity index is 2.12. The molecule has 25 heavy (non-hydrogen) atoms. The molecule has 1 amide bonds. The van der Waals surface area contributed by atoms with E-state index in [0.717, 1.165) is 17.4 Å². The van der Waals surface area contributed by atoms with Crippen LogP contribution in [0, 0.1) is 13.8 Å². The lowest BCUT2D eigenvalue weighted by Gasteiger charge is -2.24. The Morgan fingerprint density at radius 3 is 2.52 bits per heavy atom. The van der Waals surface area contributed by atoms with E-state index in [0.29, 0.717) is 16.3 Å². The van der Waals surface area contributed by atoms with Crippen molar-refractivity contribution in [1.29, 1.82) is 0 Å². The smallest absolute Gasteiger partial charge is 0.251 e. The first-order valence-electron chi connectivity index (χ1n) is 7.77. The maximum atomic E-state index is 12.2. The maximum Gasteiger partial charge on any atom is 0.251 e. The van der Waals surface area contributed by atoms with Gasteiger partial charge >= 0.3 is 0 Å². The Morgan fingerprint density at radius 1 is 1.16 bits per heavy atom. The Bertz CT molecular complexity index is 882. The fraction of sp³-hybridized carbons (Fsp3) is 0.278. The number of sulfonamides is 1. The van der Waals surface area contributed by atoms with Gasteiger partial charge < -0.3 is 5.32 Å². The summed E-state index contributed by atoms with van der Waals surface area (Å²) in [5.41, 5.74) is 2.84. The minimum atomic E-state index is -3.50. The van der Waals surface area contributed by atoms with Gasteiger partial charge in [0.2, 0.25) is 10.0 Å². The third-order valence-electron chi connectivity index (χ3n) is 3.72. The number of nitrogens with zero attached hydrogens (tertiary/aromatic N) is 1. The van der Waals surface area contributed by atoms with Gasteiger partial charge in [0, 0.05) is 17.1 Å². The monoisotopic (exact) mass is 380 g/mol. The molecule has 2 aromatic carbocycles. The lowest BCUT2D eigenvalue weighted by molar-refractivity contribution is 0.0954. The molecule has 2 rings (SSSR count). The molecule has 5 nitrogen and oxygen atoms in total. The average Bonchev–Trinajstić information content (AvgIpc) is 2.53. The van der Waals surface area contributed by atoms with Crippen molar-refractivity contribution in [2.24, 2.45) is 0 Å². The van der Waals surface area contributed by atoms with E-state index in [-0.39, 0.29) is 19.0 Å². The van der Waals surface area contributed by atoms with Gasteiger partial charge in [-0.05, 0) is 43.7 Å². The topological polar surface area (TPSA) is 66.5 Å². The van der Waals surface area contributed by atoms with Crippen molar-refractivity contribution in [2.75, 3.05) is 23.7 Å². The molecule has 1 N–H and O–H groups in total. The molecule has 0 aliphatic heterocycles. The average molecular weight is 381 g/mol. The molecule has 0 bridgehead atoms. The summed E-state index contributed by atoms with van der Waals surface area (Å²) in [6.45, 7) is 4.03. The number of carbonyl (C=O) groups is 1. The van der Waals surface area contributed by atoms with E-state index in [1.165, 1.54) is 4.31 Å². The molecular weight excluding hydrogens is 360 g/mol. The van der Waals surface area contributed by atoms with Crippen molar-refractivity contribution in [3.63, 3.8) is 0 Å². The minimum Gasteiger partial charge on any atom is -0.350 e. The van der Waals surface area contributed by atoms with Gasteiger partial charge in [0.15, 0.2) is 0 Å². The molecule has 0 fully saturated rings. The Labute approximate surface area is 153 Å². The zero-order valence-electron chi connectivity index (χ0n) is 14.4. The van der Waals surface area contributed by atoms with E-state index in [1.54, 1.807) is 30.3 Å². The van der Waals surface area contributed by atoms with Crippen molar-refractivity contribution in [2.45, 2.75) is 13.8 Å². The molecule has 0 atom stereocenters. The summed E-state index contributed by atoms with van der Waals surface area (Å²) in [4.78, 5) is 12.2. The second-order valence-corrected chi connectivity index (χ2v) is 8.23. The molecule has 0 saturated heterocycles. The third-order valence-corrected chi connectivity index (χ3v) is 5.14. The molecular formula is C18H21ClN2O3S. The quantitative estimate of drug-likeness (QED) is 0.837. The van der Waals surface area contributed by atoms with Crippen LogP contribution in [0.25, 0.3) is 0 Å². The van der Waals surface area contributed by atoms with Gasteiger partial charge in [-0.2, -0.15) is 0 Å². The highest BCUT2D eigenvalue weighted by atomic mass is 35.5. The summed E-state index contributed by atoms with van der Waals surface area (Å²) in [5.74, 6) is -0.236. The van der Waals surface area contributed by atoms with E-state index >= 15 is 0 Å². The molecule has 0 aliphatic rings. The second-order valence-electron chi connectivity index (χ2n) is 5.89. The number of anilines is 1. The molecule has 0 spiro atoms. The highest BCUT2D eigenvalue weighted by molar-refractivity contribution is 7.92. The van der Waals surface area contributed by atoms with E-state index in [9.17, 15) is 13.2 Å². The summed E-state index contributed by atoms with van der Waals surface area (Å²) >= 11 is 6.00. The van der Waals surface area contributed by atoms with Crippen LogP contribution in [-0.2, 0) is 10.0 Å². The molecule has 0 radical (unpaired) electrons. The summed E-state index contributed by atoms with van der Waals surface area (Å²) < 4.78 is 25.6. The highest BCUT2D eigenvalue weighted by Crippen LogP contribution is 2.25. The van der Waals surface area contributed by atoms with Crippen LogP contribution in [0.4, 0.5) is 5.69 Å². The Hall–Kier alpha value is -2.05. The van der Waals surface area contributed by atoms with E-state index < -0.39 is 10.0 Å². The number of benzene rings is 2. The number of nitrogens with one attached hydrogen (secondary N) is 1. The second kappa shape index (κ2) is 7.89. The van der Waals surface area contributed by atoms with Crippen LogP contribution in [-0.4, -0.2) is 33.7 Å². The van der Waals surface area contributed by atoms with E-state index in [4.69, 9.17) is 11.6 Å². The van der Waals surface area contributed by atoms with Crippen molar-refractivity contribution in [3.05, 3.63) is 64.2 Å². The van der Waals surface area contributed by atoms with Crippen LogP contribution >= 0.6 is 11.6 Å². The molecule has 0 aromatic heterocycles. The normalized spacial score (nSPS) is 11.2. The number of hydrogen-bond donors (Lipinski definition) is 1. The lowest BCUT2D eigenvalue weighted by atomic mass is 10.1. The number of halogens is 1. The van der Waals surface area contributed by atoms with E-state index in [2.05, 4.69) is 5.32 Å². The fourth-order valence-corrected chi connectivity index (χ4v) is 3.62. The summed E-state index contributed by atoms with van der Waals surface area (Å²) in [6.07, 6.45) is 1.13. The number of aryl methyl sites for hydroxylation is 2. The molecule has 0 unspecified atom stereocenters. The minimum absolute atomic E-state index is 0.123. The van der Waals surface area contributed by atoms with Crippen molar-refractivity contribution in [1.82, 2.24) is 5.32 Å². The molecule has 134 valence electrons. The predicted molar refractivity (Wildman–Crippen MR) is 102 cm³/mol. The van der Waals surface area contributed by atoms with Gasteiger partial charge in [0.1, 0.15) is 0 Å². The molecule has 0 heterocycles. The summed E-state index contributed by atoms with van der Waals surface area (Å²) in [5, 5.41) is 3.21. The number of carbonyl (C=O) groups excluding carboxylic acids is 1. The molecule has 2 aromatic rings. The fourth-order valence-electron chi connectivity index (χ4n) is 2.48. The van der Waals surface area contributed by atoms with Gasteiger partial charge in [-0.3, -0.25) is 9.10 Å².